The van der Waals surface area contributed by atoms with Gasteiger partial charge in [0, 0.05) is 60.8 Å². The van der Waals surface area contributed by atoms with E-state index in [9.17, 15) is 9.59 Å². The normalized spacial score (nSPS) is 15.1. The number of hydrogen-bond donors (Lipinski definition) is 3. The number of nitrogens with one attached hydrogen (secondary N) is 3. The van der Waals surface area contributed by atoms with Crippen LogP contribution < -0.4 is 10.6 Å². The number of amides is 2. The molecule has 3 N–H and O–H groups in total. The van der Waals surface area contributed by atoms with Crippen molar-refractivity contribution in [3.63, 3.8) is 0 Å². The summed E-state index contributed by atoms with van der Waals surface area (Å²) in [6.45, 7) is 15.3. The molecule has 2 aromatic heterocycles. The predicted molar refractivity (Wildman–Crippen MR) is 192 cm³/mol. The topological polar surface area (TPSA) is 106 Å². The summed E-state index contributed by atoms with van der Waals surface area (Å²) >= 11 is 6.48. The lowest BCUT2D eigenvalue weighted by Gasteiger charge is -2.34. The van der Waals surface area contributed by atoms with E-state index in [-0.39, 0.29) is 23.9 Å². The number of aromatic amines is 1. The fraction of sp³-hybridized carbons (Fsp3) is 0.444. The summed E-state index contributed by atoms with van der Waals surface area (Å²) in [5.74, 6) is 2.66. The van der Waals surface area contributed by atoms with Crippen molar-refractivity contribution >= 4 is 40.3 Å². The molecule has 9 nitrogen and oxygen atoms in total. The molecule has 2 amide bonds. The number of benzene rings is 1. The van der Waals surface area contributed by atoms with Gasteiger partial charge in [-0.05, 0) is 65.6 Å². The van der Waals surface area contributed by atoms with E-state index in [0.29, 0.717) is 41.7 Å². The third kappa shape index (κ3) is 10.7. The lowest BCUT2D eigenvalue weighted by Crippen LogP contribution is -2.46. The summed E-state index contributed by atoms with van der Waals surface area (Å²) in [4.78, 5) is 41.8. The van der Waals surface area contributed by atoms with Gasteiger partial charge in [-0.15, -0.1) is 12.3 Å². The molecule has 4 rings (SSSR count). The van der Waals surface area contributed by atoms with E-state index in [4.69, 9.17) is 16.6 Å². The molecule has 0 aliphatic carbocycles. The van der Waals surface area contributed by atoms with Crippen LogP contribution >= 0.6 is 11.6 Å². The first-order valence-electron chi connectivity index (χ1n) is 15.9. The maximum atomic E-state index is 13.5. The van der Waals surface area contributed by atoms with Crippen molar-refractivity contribution in [3.8, 4) is 23.7 Å². The summed E-state index contributed by atoms with van der Waals surface area (Å²) in [5, 5.41) is 7.60. The van der Waals surface area contributed by atoms with Crippen LogP contribution in [-0.2, 0) is 9.59 Å². The first-order valence-corrected chi connectivity index (χ1v) is 16.3. The van der Waals surface area contributed by atoms with Crippen LogP contribution in [-0.4, -0.2) is 82.4 Å². The van der Waals surface area contributed by atoms with Crippen molar-refractivity contribution in [1.82, 2.24) is 30.1 Å². The molecule has 2 atom stereocenters. The van der Waals surface area contributed by atoms with E-state index in [1.165, 1.54) is 0 Å². The molecular weight excluding hydrogens is 598 g/mol. The van der Waals surface area contributed by atoms with Crippen molar-refractivity contribution in [1.29, 1.82) is 0 Å². The Balaban J connectivity index is 0.00000139. The summed E-state index contributed by atoms with van der Waals surface area (Å²) in [6, 6.07) is 10.3. The van der Waals surface area contributed by atoms with Gasteiger partial charge in [-0.3, -0.25) is 14.5 Å². The number of carbonyl (C=O) groups is 2. The second-order valence-corrected chi connectivity index (χ2v) is 11.4. The van der Waals surface area contributed by atoms with Gasteiger partial charge in [-0.1, -0.05) is 56.3 Å². The number of anilines is 1. The van der Waals surface area contributed by atoms with Crippen LogP contribution in [0.3, 0.4) is 0 Å². The molecule has 1 aromatic carbocycles. The second-order valence-electron chi connectivity index (χ2n) is 11.0. The minimum absolute atomic E-state index is 0.0309. The van der Waals surface area contributed by atoms with E-state index in [2.05, 4.69) is 51.3 Å². The first kappa shape index (κ1) is 38.1. The van der Waals surface area contributed by atoms with Gasteiger partial charge in [0.1, 0.15) is 5.69 Å². The Morgan fingerprint density at radius 2 is 2.02 bits per heavy atom. The Hall–Kier alpha value is -4.13. The van der Waals surface area contributed by atoms with E-state index >= 15 is 0 Å². The third-order valence-corrected chi connectivity index (χ3v) is 8.04. The Morgan fingerprint density at radius 3 is 2.67 bits per heavy atom. The van der Waals surface area contributed by atoms with Crippen molar-refractivity contribution < 1.29 is 9.59 Å². The zero-order valence-corrected chi connectivity index (χ0v) is 29.2. The highest BCUT2D eigenvalue weighted by Crippen LogP contribution is 2.29. The number of aromatic nitrogens is 3. The number of likely N-dealkylation sites (N-methyl/N-ethyl adjacent to an activating group) is 2. The molecule has 1 fully saturated rings. The number of allylic oxidation sites excluding steroid dienone is 1. The zero-order valence-electron chi connectivity index (χ0n) is 28.4. The van der Waals surface area contributed by atoms with Crippen LogP contribution in [0.15, 0.2) is 60.3 Å². The molecule has 248 valence electrons. The highest BCUT2D eigenvalue weighted by atomic mass is 35.5. The highest BCUT2D eigenvalue weighted by Gasteiger charge is 2.27. The van der Waals surface area contributed by atoms with Gasteiger partial charge in [0.2, 0.25) is 17.8 Å². The van der Waals surface area contributed by atoms with Gasteiger partial charge in [0.05, 0.1) is 16.9 Å². The van der Waals surface area contributed by atoms with E-state index in [1.807, 2.05) is 69.1 Å². The highest BCUT2D eigenvalue weighted by molar-refractivity contribution is 6.32. The number of rotatable bonds is 11. The molecule has 3 aromatic rings. The molecule has 0 saturated carbocycles. The fourth-order valence-corrected chi connectivity index (χ4v) is 5.35. The van der Waals surface area contributed by atoms with Crippen LogP contribution in [0.5, 0.6) is 0 Å². The van der Waals surface area contributed by atoms with E-state index in [0.717, 1.165) is 48.0 Å². The second kappa shape index (κ2) is 19.4. The summed E-state index contributed by atoms with van der Waals surface area (Å²) < 4.78 is 0. The van der Waals surface area contributed by atoms with Crippen LogP contribution in [0.4, 0.5) is 5.95 Å². The molecule has 3 heterocycles. The Morgan fingerprint density at radius 1 is 1.33 bits per heavy atom. The van der Waals surface area contributed by atoms with Gasteiger partial charge < -0.3 is 20.5 Å². The SMILES string of the molecule is C#CC.C=C(CN(C)C(C)CC/C(=C\C)C(=O)N1CCCC(Nc2ncc(Cl)c(-c3cc4ccccc4[nH]3)n2)C1)C(=O)NC.CC. The summed E-state index contributed by atoms with van der Waals surface area (Å²) in [6.07, 6.45) is 11.4. The van der Waals surface area contributed by atoms with Crippen molar-refractivity contribution in [2.24, 2.45) is 0 Å². The molecule has 1 aliphatic rings. The standard InChI is InChI=1S/C31H40ClN7O2.C3H4.C2H6/c1-6-22(14-13-21(3)38(5)18-20(2)29(40)33-4)30(41)39-15-9-11-24(19-39)35-31-34-17-25(32)28(37-31)27-16-23-10-7-8-12-26(23)36-27;1-3-2;1-2/h6-8,10,12,16-17,21,24,36H,2,9,11,13-15,18-19H2,1,3-5H3,(H,33,40)(H,34,35,37);1H,2H3;1-2H3/b22-6+;;. The van der Waals surface area contributed by atoms with Gasteiger partial charge in [-0.2, -0.15) is 0 Å². The number of H-pyrrole nitrogens is 1. The average Bonchev–Trinajstić information content (AvgIpc) is 3.51. The fourth-order valence-electron chi connectivity index (χ4n) is 5.16. The van der Waals surface area contributed by atoms with Gasteiger partial charge in [0.25, 0.3) is 0 Å². The predicted octanol–water partition coefficient (Wildman–Crippen LogP) is 6.70. The van der Waals surface area contributed by atoms with Gasteiger partial charge >= 0.3 is 0 Å². The first-order chi connectivity index (χ1) is 22.1. The zero-order chi connectivity index (χ0) is 34.2. The molecule has 46 heavy (non-hydrogen) atoms. The van der Waals surface area contributed by atoms with E-state index in [1.54, 1.807) is 20.2 Å². The molecule has 0 bridgehead atoms. The largest absolute Gasteiger partial charge is 0.355 e. The lowest BCUT2D eigenvalue weighted by molar-refractivity contribution is -0.128. The van der Waals surface area contributed by atoms with Crippen molar-refractivity contribution in [3.05, 3.63) is 65.4 Å². The Kier molecular flexibility index (Phi) is 16.0. The van der Waals surface area contributed by atoms with Crippen LogP contribution in [0.2, 0.25) is 5.02 Å². The molecular formula is C36H50ClN7O2. The maximum Gasteiger partial charge on any atom is 0.249 e. The number of nitrogens with zero attached hydrogens (tertiary/aromatic N) is 4. The summed E-state index contributed by atoms with van der Waals surface area (Å²) in [5.41, 5.74) is 3.81. The number of terminal acetylenes is 1. The van der Waals surface area contributed by atoms with Crippen LogP contribution in [0.25, 0.3) is 22.3 Å². The number of para-hydroxylation sites is 1. The monoisotopic (exact) mass is 647 g/mol. The van der Waals surface area contributed by atoms with Gasteiger partial charge in [-0.25, -0.2) is 9.97 Å². The molecule has 1 aliphatic heterocycles. The van der Waals surface area contributed by atoms with Crippen LogP contribution in [0, 0.1) is 12.3 Å². The smallest absolute Gasteiger partial charge is 0.249 e. The van der Waals surface area contributed by atoms with Crippen molar-refractivity contribution in [2.75, 3.05) is 39.0 Å². The number of fused-ring (bicyclic) bond motifs is 1. The van der Waals surface area contributed by atoms with Gasteiger partial charge in [0.15, 0.2) is 0 Å². The lowest BCUT2D eigenvalue weighted by atomic mass is 10.0. The number of likely N-dealkylation sites (tertiary alicyclic amines) is 1. The van der Waals surface area contributed by atoms with Crippen LogP contribution in [0.1, 0.15) is 60.3 Å². The van der Waals surface area contributed by atoms with Crippen molar-refractivity contribution in [2.45, 2.75) is 72.4 Å². The molecule has 2 unspecified atom stereocenters. The number of hydrogen-bond acceptors (Lipinski definition) is 6. The Labute approximate surface area is 279 Å². The number of halogens is 1. The summed E-state index contributed by atoms with van der Waals surface area (Å²) in [7, 11) is 3.57. The number of piperidine rings is 1. The quantitative estimate of drug-likeness (QED) is 0.158. The molecule has 0 spiro atoms. The molecule has 10 heteroatoms. The third-order valence-electron chi connectivity index (χ3n) is 7.77. The average molecular weight is 648 g/mol. The Bertz CT molecular complexity index is 1490. The number of carbonyl (C=O) groups excluding carboxylic acids is 2. The molecule has 1 saturated heterocycles. The maximum absolute atomic E-state index is 13.5. The molecule has 0 radical (unpaired) electrons. The minimum Gasteiger partial charge on any atom is -0.355 e. The minimum atomic E-state index is -0.153. The van der Waals surface area contributed by atoms with E-state index < -0.39 is 0 Å².